The number of halogens is 1. The summed E-state index contributed by atoms with van der Waals surface area (Å²) in [7, 11) is 0. The molecule has 2 amide bonds. The molecular formula is C25H28FN3O5. The van der Waals surface area contributed by atoms with E-state index in [9.17, 15) is 18.8 Å². The zero-order chi connectivity index (χ0) is 25.4. The van der Waals surface area contributed by atoms with Crippen LogP contribution in [-0.4, -0.2) is 45.6 Å². The lowest BCUT2D eigenvalue weighted by molar-refractivity contribution is -0.123. The van der Waals surface area contributed by atoms with Crippen LogP contribution >= 0.6 is 0 Å². The molecule has 34 heavy (non-hydrogen) atoms. The Morgan fingerprint density at radius 1 is 1.03 bits per heavy atom. The van der Waals surface area contributed by atoms with Gasteiger partial charge in [-0.2, -0.15) is 0 Å². The van der Waals surface area contributed by atoms with Crippen molar-refractivity contribution in [1.82, 2.24) is 9.88 Å². The molecule has 9 heteroatoms. The highest BCUT2D eigenvalue weighted by molar-refractivity contribution is 6.08. The molecule has 1 aromatic heterocycles. The van der Waals surface area contributed by atoms with Crippen LogP contribution in [0.4, 0.5) is 15.0 Å². The highest BCUT2D eigenvalue weighted by Gasteiger charge is 2.32. The maximum Gasteiger partial charge on any atom is 0.417 e. The summed E-state index contributed by atoms with van der Waals surface area (Å²) in [6.45, 7) is 10.2. The van der Waals surface area contributed by atoms with Gasteiger partial charge < -0.3 is 15.2 Å². The average Bonchev–Trinajstić information content (AvgIpc) is 3.07. The molecule has 0 fully saturated rings. The Kier molecular flexibility index (Phi) is 6.50. The Balaban J connectivity index is 1.87. The highest BCUT2D eigenvalue weighted by atomic mass is 19.1. The molecule has 1 aromatic carbocycles. The number of esters is 1. The molecule has 1 aliphatic heterocycles. The first kappa shape index (κ1) is 24.9. The standard InChI is InChI=1S/C25H28FN3O5/c1-24(2,3)33-22(31)17-8-7-14(10-19(17)26)18-9-15(12-28-21(18)27)16-11-20(30)29(13-16)23(32)34-25(4,5)6/h7-12H,13H2,1-6H3,(H2,27,28). The van der Waals surface area contributed by atoms with Crippen molar-refractivity contribution in [2.75, 3.05) is 12.3 Å². The first-order valence-electron chi connectivity index (χ1n) is 10.7. The van der Waals surface area contributed by atoms with Crippen LogP contribution < -0.4 is 5.73 Å². The minimum Gasteiger partial charge on any atom is -0.456 e. The minimum atomic E-state index is -0.770. The van der Waals surface area contributed by atoms with Gasteiger partial charge in [-0.05, 0) is 76.4 Å². The average molecular weight is 470 g/mol. The Morgan fingerprint density at radius 2 is 1.68 bits per heavy atom. The number of anilines is 1. The van der Waals surface area contributed by atoms with Gasteiger partial charge in [0.05, 0.1) is 12.1 Å². The molecule has 180 valence electrons. The summed E-state index contributed by atoms with van der Waals surface area (Å²) >= 11 is 0. The van der Waals surface area contributed by atoms with Crippen molar-refractivity contribution in [3.8, 4) is 11.1 Å². The lowest BCUT2D eigenvalue weighted by Crippen LogP contribution is -2.38. The molecule has 0 saturated carbocycles. The maximum atomic E-state index is 14.7. The summed E-state index contributed by atoms with van der Waals surface area (Å²) in [6.07, 6.45) is 2.06. The van der Waals surface area contributed by atoms with Gasteiger partial charge in [-0.25, -0.2) is 23.9 Å². The monoisotopic (exact) mass is 469 g/mol. The Morgan fingerprint density at radius 3 is 2.26 bits per heavy atom. The second kappa shape index (κ2) is 8.89. The number of carbonyl (C=O) groups excluding carboxylic acids is 3. The summed E-state index contributed by atoms with van der Waals surface area (Å²) in [5.74, 6) is -1.89. The van der Waals surface area contributed by atoms with Crippen LogP contribution in [0.1, 0.15) is 57.5 Å². The van der Waals surface area contributed by atoms with Crippen LogP contribution in [0, 0.1) is 5.82 Å². The van der Waals surface area contributed by atoms with Crippen molar-refractivity contribution in [3.05, 3.63) is 53.5 Å². The van der Waals surface area contributed by atoms with Crippen LogP contribution in [0.2, 0.25) is 0 Å². The number of amides is 2. The van der Waals surface area contributed by atoms with Gasteiger partial charge in [0, 0.05) is 17.8 Å². The summed E-state index contributed by atoms with van der Waals surface area (Å²) in [5, 5.41) is 0. The fraction of sp³-hybridized carbons (Fsp3) is 0.360. The topological polar surface area (TPSA) is 112 Å². The van der Waals surface area contributed by atoms with Crippen molar-refractivity contribution in [2.24, 2.45) is 0 Å². The Bertz CT molecular complexity index is 1190. The summed E-state index contributed by atoms with van der Waals surface area (Å²) in [4.78, 5) is 42.1. The third-order valence-corrected chi connectivity index (χ3v) is 4.69. The number of imide groups is 1. The van der Waals surface area contributed by atoms with E-state index in [1.807, 2.05) is 0 Å². The molecule has 0 saturated heterocycles. The van der Waals surface area contributed by atoms with Gasteiger partial charge >= 0.3 is 12.1 Å². The van der Waals surface area contributed by atoms with Crippen LogP contribution in [0.5, 0.6) is 0 Å². The predicted molar refractivity (Wildman–Crippen MR) is 125 cm³/mol. The minimum absolute atomic E-state index is 0.00469. The van der Waals surface area contributed by atoms with E-state index < -0.39 is 35.0 Å². The molecule has 0 radical (unpaired) electrons. The summed E-state index contributed by atoms with van der Waals surface area (Å²) in [6, 6.07) is 5.70. The van der Waals surface area contributed by atoms with Gasteiger partial charge in [0.15, 0.2) is 0 Å². The largest absolute Gasteiger partial charge is 0.456 e. The molecule has 2 N–H and O–H groups in total. The van der Waals surface area contributed by atoms with Crippen molar-refractivity contribution in [2.45, 2.75) is 52.7 Å². The number of aromatic nitrogens is 1. The third kappa shape index (κ3) is 5.78. The number of hydrogen-bond donors (Lipinski definition) is 1. The quantitative estimate of drug-likeness (QED) is 0.655. The molecule has 0 aliphatic carbocycles. The molecule has 0 atom stereocenters. The molecule has 0 unspecified atom stereocenters. The summed E-state index contributed by atoms with van der Waals surface area (Å²) in [5.41, 5.74) is 6.21. The van der Waals surface area contributed by atoms with Gasteiger partial charge in [0.1, 0.15) is 22.8 Å². The normalized spacial score (nSPS) is 14.1. The van der Waals surface area contributed by atoms with Crippen LogP contribution in [0.3, 0.4) is 0 Å². The van der Waals surface area contributed by atoms with Gasteiger partial charge in [0.25, 0.3) is 5.91 Å². The molecule has 8 nitrogen and oxygen atoms in total. The number of hydrogen-bond acceptors (Lipinski definition) is 7. The Labute approximate surface area is 197 Å². The number of rotatable bonds is 3. The molecule has 1 aliphatic rings. The van der Waals surface area contributed by atoms with E-state index in [0.29, 0.717) is 22.3 Å². The van der Waals surface area contributed by atoms with Gasteiger partial charge in [0.2, 0.25) is 0 Å². The lowest BCUT2D eigenvalue weighted by Gasteiger charge is -2.23. The molecule has 0 bridgehead atoms. The fourth-order valence-electron chi connectivity index (χ4n) is 3.23. The van der Waals surface area contributed by atoms with Crippen molar-refractivity contribution in [1.29, 1.82) is 0 Å². The number of nitrogens with two attached hydrogens (primary N) is 1. The molecule has 3 rings (SSSR count). The smallest absolute Gasteiger partial charge is 0.417 e. The van der Waals surface area contributed by atoms with E-state index in [1.165, 1.54) is 24.4 Å². The van der Waals surface area contributed by atoms with Crippen LogP contribution in [0.25, 0.3) is 16.7 Å². The molecule has 2 aromatic rings. The van der Waals surface area contributed by atoms with Crippen molar-refractivity contribution < 1.29 is 28.2 Å². The van der Waals surface area contributed by atoms with Crippen molar-refractivity contribution in [3.63, 3.8) is 0 Å². The number of nitrogen functional groups attached to an aromatic ring is 1. The van der Waals surface area contributed by atoms with Crippen LogP contribution in [0.15, 0.2) is 36.5 Å². The zero-order valence-electron chi connectivity index (χ0n) is 20.1. The Hall–Kier alpha value is -3.75. The highest BCUT2D eigenvalue weighted by Crippen LogP contribution is 2.31. The van der Waals surface area contributed by atoms with E-state index >= 15 is 0 Å². The third-order valence-electron chi connectivity index (χ3n) is 4.69. The van der Waals surface area contributed by atoms with Crippen molar-refractivity contribution >= 4 is 29.4 Å². The van der Waals surface area contributed by atoms with E-state index in [4.69, 9.17) is 15.2 Å². The molecule has 0 spiro atoms. The number of benzene rings is 1. The maximum absolute atomic E-state index is 14.7. The number of carbonyl (C=O) groups is 3. The second-order valence-corrected chi connectivity index (χ2v) is 9.93. The van der Waals surface area contributed by atoms with E-state index in [0.717, 1.165) is 4.90 Å². The molecule has 2 heterocycles. The van der Waals surface area contributed by atoms with Gasteiger partial charge in [-0.3, -0.25) is 4.79 Å². The second-order valence-electron chi connectivity index (χ2n) is 9.93. The van der Waals surface area contributed by atoms with E-state index in [1.54, 1.807) is 53.7 Å². The number of ether oxygens (including phenoxy) is 2. The SMILES string of the molecule is CC(C)(C)OC(=O)c1ccc(-c2cc(C3=CC(=O)N(C(=O)OC(C)(C)C)C3)cnc2N)cc1F. The van der Waals surface area contributed by atoms with Gasteiger partial charge in [-0.15, -0.1) is 0 Å². The first-order chi connectivity index (χ1) is 15.6. The van der Waals surface area contributed by atoms with Crippen LogP contribution in [-0.2, 0) is 14.3 Å². The number of pyridine rings is 1. The van der Waals surface area contributed by atoms with Gasteiger partial charge in [-0.1, -0.05) is 6.07 Å². The lowest BCUT2D eigenvalue weighted by atomic mass is 10.00. The summed E-state index contributed by atoms with van der Waals surface area (Å²) < 4.78 is 25.3. The van der Waals surface area contributed by atoms with E-state index in [2.05, 4.69) is 4.98 Å². The predicted octanol–water partition coefficient (Wildman–Crippen LogP) is 4.59. The fourth-order valence-corrected chi connectivity index (χ4v) is 3.23. The van der Waals surface area contributed by atoms with E-state index in [-0.39, 0.29) is 17.9 Å². The zero-order valence-corrected chi connectivity index (χ0v) is 20.1. The first-order valence-corrected chi connectivity index (χ1v) is 10.7. The number of nitrogens with zero attached hydrogens (tertiary/aromatic N) is 2. The molecular weight excluding hydrogens is 441 g/mol.